The molecule has 5 aromatic carbocycles. The SMILES string of the molecule is CC(=O)Nc1ccccc1N1CCN(C(=O)OC(C)(C)C)CC1.CC(=O)Nc1ccccc1N1CCNCC1.CC(C)(C)OC(=O)N1CCN(c2ccccc2N)CC1.CC(C)(C)OC(=O)N1CCN(c2ccccc2[N+](=O)[O-])CC1.O=[N+]([O-])c1ccccc1Cl. The number of halogens is 1. The number of ether oxygens (including phenoxy) is 3. The zero-order chi connectivity index (χ0) is 67.1. The van der Waals surface area contributed by atoms with Crippen molar-refractivity contribution in [2.24, 2.45) is 0 Å². The summed E-state index contributed by atoms with van der Waals surface area (Å²) < 4.78 is 16.1. The number of nitro groups is 2. The fourth-order valence-electron chi connectivity index (χ4n) is 9.63. The van der Waals surface area contributed by atoms with Crippen molar-refractivity contribution < 1.29 is 48.0 Å². The van der Waals surface area contributed by atoms with E-state index in [1.165, 1.54) is 32.0 Å². The van der Waals surface area contributed by atoms with Gasteiger partial charge in [-0.25, -0.2) is 14.4 Å². The molecule has 0 aromatic heterocycles. The number of nitrogen functional groups attached to an aromatic ring is 1. The summed E-state index contributed by atoms with van der Waals surface area (Å²) >= 11 is 5.48. The van der Waals surface area contributed by atoms with Crippen LogP contribution in [-0.2, 0) is 23.8 Å². The van der Waals surface area contributed by atoms with Crippen LogP contribution in [0.15, 0.2) is 121 Å². The maximum atomic E-state index is 12.1. The summed E-state index contributed by atoms with van der Waals surface area (Å²) in [5.74, 6) is -0.118. The van der Waals surface area contributed by atoms with E-state index in [0.717, 1.165) is 73.4 Å². The van der Waals surface area contributed by atoms with Crippen LogP contribution in [0.3, 0.4) is 0 Å². The van der Waals surface area contributed by atoms with Crippen molar-refractivity contribution in [1.82, 2.24) is 20.0 Å². The monoisotopic (exact) mass is 1280 g/mol. The highest BCUT2D eigenvalue weighted by Gasteiger charge is 2.31. The summed E-state index contributed by atoms with van der Waals surface area (Å²) in [7, 11) is 0. The molecule has 4 aliphatic rings. The Morgan fingerprint density at radius 1 is 0.440 bits per heavy atom. The Hall–Kier alpha value is -9.10. The number of rotatable bonds is 8. The molecule has 0 aliphatic carbocycles. The van der Waals surface area contributed by atoms with Crippen LogP contribution in [0.5, 0.6) is 0 Å². The smallest absolute Gasteiger partial charge is 0.410 e. The Bertz CT molecular complexity index is 3210. The summed E-state index contributed by atoms with van der Waals surface area (Å²) in [6.07, 6.45) is -0.847. The highest BCUT2D eigenvalue weighted by molar-refractivity contribution is 6.32. The number of amides is 5. The molecule has 4 aliphatic heterocycles. The van der Waals surface area contributed by atoms with Crippen LogP contribution < -0.4 is 41.3 Å². The number of nitro benzene ring substituents is 2. The van der Waals surface area contributed by atoms with Gasteiger partial charge in [-0.1, -0.05) is 72.3 Å². The number of hydrogen-bond donors (Lipinski definition) is 4. The lowest BCUT2D eigenvalue weighted by Gasteiger charge is -2.37. The third-order valence-electron chi connectivity index (χ3n) is 13.8. The molecule has 0 radical (unpaired) electrons. The molecule has 494 valence electrons. The molecule has 9 rings (SSSR count). The second kappa shape index (κ2) is 34.2. The number of hydrogen-bond acceptors (Lipinski definition) is 18. The Morgan fingerprint density at radius 2 is 0.736 bits per heavy atom. The Balaban J connectivity index is 0.000000211. The number of para-hydroxylation sites is 9. The van der Waals surface area contributed by atoms with Gasteiger partial charge in [0.2, 0.25) is 11.8 Å². The predicted molar refractivity (Wildman–Crippen MR) is 359 cm³/mol. The number of benzene rings is 5. The van der Waals surface area contributed by atoms with E-state index in [4.69, 9.17) is 31.5 Å². The van der Waals surface area contributed by atoms with Crippen LogP contribution in [0.25, 0.3) is 0 Å². The molecular formula is C65H90ClN13O12. The zero-order valence-corrected chi connectivity index (χ0v) is 55.0. The highest BCUT2D eigenvalue weighted by atomic mass is 35.5. The predicted octanol–water partition coefficient (Wildman–Crippen LogP) is 11.0. The van der Waals surface area contributed by atoms with Crippen LogP contribution in [0.1, 0.15) is 76.2 Å². The minimum Gasteiger partial charge on any atom is -0.444 e. The van der Waals surface area contributed by atoms with Crippen LogP contribution >= 0.6 is 11.6 Å². The largest absolute Gasteiger partial charge is 0.444 e. The third kappa shape index (κ3) is 24.7. The van der Waals surface area contributed by atoms with Gasteiger partial charge in [0, 0.05) is 131 Å². The van der Waals surface area contributed by atoms with Crippen LogP contribution in [0.2, 0.25) is 5.02 Å². The lowest BCUT2D eigenvalue weighted by molar-refractivity contribution is -0.384. The van der Waals surface area contributed by atoms with E-state index < -0.39 is 21.7 Å². The fraction of sp³-hybridized carbons (Fsp3) is 0.462. The van der Waals surface area contributed by atoms with Gasteiger partial charge in [0.15, 0.2) is 0 Å². The molecule has 26 heteroatoms. The molecule has 5 N–H and O–H groups in total. The first-order valence-electron chi connectivity index (χ1n) is 30.2. The van der Waals surface area contributed by atoms with Gasteiger partial charge in [-0.15, -0.1) is 0 Å². The van der Waals surface area contributed by atoms with E-state index in [1.54, 1.807) is 45.0 Å². The summed E-state index contributed by atoms with van der Waals surface area (Å²) in [4.78, 5) is 92.6. The molecule has 0 spiro atoms. The van der Waals surface area contributed by atoms with E-state index in [-0.39, 0.29) is 51.4 Å². The minimum atomic E-state index is -0.521. The zero-order valence-electron chi connectivity index (χ0n) is 54.2. The number of piperazine rings is 4. The maximum absolute atomic E-state index is 12.1. The molecule has 4 saturated heterocycles. The van der Waals surface area contributed by atoms with E-state index in [2.05, 4.69) is 36.7 Å². The lowest BCUT2D eigenvalue weighted by Crippen LogP contribution is -2.50. The van der Waals surface area contributed by atoms with E-state index in [1.807, 2.05) is 134 Å². The number of nitrogens with two attached hydrogens (primary N) is 1. The molecule has 0 bridgehead atoms. The van der Waals surface area contributed by atoms with Crippen molar-refractivity contribution in [2.75, 3.05) is 141 Å². The topological polar surface area (TPSA) is 284 Å². The normalized spacial score (nSPS) is 15.0. The molecule has 4 fully saturated rings. The molecule has 4 heterocycles. The standard InChI is InChI=1S/C17H25N3O3.C15H21N3O4.C15H23N3O2.C12H17N3O.C6H4ClNO2/c1-13(21)18-14-7-5-6-8-15(14)19-9-11-20(12-10-19)16(22)23-17(2,3)4;1-15(2,3)22-14(19)17-10-8-16(9-11-17)12-6-4-5-7-13(12)18(20)21;1-15(2,3)20-14(19)18-10-8-17(9-11-18)13-7-5-4-6-12(13)16;1-10(16)14-11-4-2-3-5-12(11)15-8-6-13-7-9-15;7-5-3-1-2-4-6(5)8(9)10/h5-8H,9-12H2,1-4H3,(H,18,21);4-7H,8-11H2,1-3H3;4-7H,8-11,16H2,1-3H3;2-5,13H,6-9H2,1H3,(H,14,16);1-4H. The summed E-state index contributed by atoms with van der Waals surface area (Å²) in [5, 5.41) is 30.4. The Kier molecular flexibility index (Phi) is 27.3. The van der Waals surface area contributed by atoms with Crippen molar-refractivity contribution in [1.29, 1.82) is 0 Å². The van der Waals surface area contributed by atoms with Crippen LogP contribution in [0.4, 0.5) is 65.6 Å². The van der Waals surface area contributed by atoms with Crippen LogP contribution in [0, 0.1) is 20.2 Å². The second-order valence-corrected chi connectivity index (χ2v) is 24.9. The summed E-state index contributed by atoms with van der Waals surface area (Å²) in [6, 6.07) is 36.2. The van der Waals surface area contributed by atoms with Gasteiger partial charge in [0.05, 0.1) is 44.0 Å². The minimum absolute atomic E-state index is 0.0254. The Labute approximate surface area is 538 Å². The number of anilines is 7. The van der Waals surface area contributed by atoms with E-state index in [0.29, 0.717) is 71.1 Å². The first-order chi connectivity index (χ1) is 42.9. The quantitative estimate of drug-likeness (QED) is 0.0486. The molecule has 5 amide bonds. The average molecular weight is 1280 g/mol. The first-order valence-corrected chi connectivity index (χ1v) is 30.6. The van der Waals surface area contributed by atoms with Gasteiger partial charge >= 0.3 is 18.3 Å². The van der Waals surface area contributed by atoms with Gasteiger partial charge in [-0.05, 0) is 111 Å². The maximum Gasteiger partial charge on any atom is 0.410 e. The van der Waals surface area contributed by atoms with Crippen molar-refractivity contribution in [3.63, 3.8) is 0 Å². The molecule has 91 heavy (non-hydrogen) atoms. The van der Waals surface area contributed by atoms with Gasteiger partial charge in [0.25, 0.3) is 11.4 Å². The second-order valence-electron chi connectivity index (χ2n) is 24.5. The van der Waals surface area contributed by atoms with Crippen LogP contribution in [-0.4, -0.2) is 176 Å². The van der Waals surface area contributed by atoms with Gasteiger partial charge in [-0.3, -0.25) is 29.8 Å². The fourth-order valence-corrected chi connectivity index (χ4v) is 9.83. The average Bonchev–Trinajstić information content (AvgIpc) is 1.42. The van der Waals surface area contributed by atoms with E-state index >= 15 is 0 Å². The summed E-state index contributed by atoms with van der Waals surface area (Å²) in [6.45, 7) is 31.2. The van der Waals surface area contributed by atoms with Gasteiger partial charge in [0.1, 0.15) is 27.5 Å². The first kappa shape index (κ1) is 72.6. The molecule has 0 unspecified atom stereocenters. The molecular weight excluding hydrogens is 1190 g/mol. The van der Waals surface area contributed by atoms with Gasteiger partial charge < -0.3 is 70.2 Å². The number of nitrogens with zero attached hydrogens (tertiary/aromatic N) is 9. The van der Waals surface area contributed by atoms with Crippen molar-refractivity contribution in [3.05, 3.63) is 147 Å². The summed E-state index contributed by atoms with van der Waals surface area (Å²) in [5.41, 5.74) is 10.8. The highest BCUT2D eigenvalue weighted by Crippen LogP contribution is 2.31. The van der Waals surface area contributed by atoms with Crippen molar-refractivity contribution in [3.8, 4) is 0 Å². The Morgan fingerprint density at radius 3 is 1.08 bits per heavy atom. The van der Waals surface area contributed by atoms with Crippen molar-refractivity contribution >= 4 is 92.9 Å². The lowest BCUT2D eigenvalue weighted by atomic mass is 10.2. The molecule has 0 saturated carbocycles. The number of carbonyl (C=O) groups excluding carboxylic acids is 5. The van der Waals surface area contributed by atoms with Crippen molar-refractivity contribution in [2.45, 2.75) is 93.0 Å². The molecule has 25 nitrogen and oxygen atoms in total. The number of carbonyl (C=O) groups is 5. The van der Waals surface area contributed by atoms with Gasteiger partial charge in [-0.2, -0.15) is 0 Å². The van der Waals surface area contributed by atoms with E-state index in [9.17, 15) is 44.2 Å². The molecule has 5 aromatic rings. The molecule has 0 atom stereocenters. The number of nitrogens with one attached hydrogen (secondary N) is 3. The third-order valence-corrected chi connectivity index (χ3v) is 14.1.